The van der Waals surface area contributed by atoms with Crippen LogP contribution in [-0.4, -0.2) is 25.6 Å². The maximum absolute atomic E-state index is 12.2. The van der Waals surface area contributed by atoms with Crippen molar-refractivity contribution in [3.8, 4) is 0 Å². The van der Waals surface area contributed by atoms with E-state index in [9.17, 15) is 13.2 Å². The number of rotatable bonds is 4. The van der Waals surface area contributed by atoms with Crippen molar-refractivity contribution in [3.05, 3.63) is 52.7 Å². The molecule has 0 unspecified atom stereocenters. The average Bonchev–Trinajstić information content (AvgIpc) is 2.39. The van der Waals surface area contributed by atoms with E-state index in [1.807, 2.05) is 13.0 Å². The van der Waals surface area contributed by atoms with Gasteiger partial charge in [0.2, 0.25) is 10.0 Å². The summed E-state index contributed by atoms with van der Waals surface area (Å²) in [5.41, 5.74) is 1.37. The predicted octanol–water partition coefficient (Wildman–Crippen LogP) is 2.67. The van der Waals surface area contributed by atoms with E-state index in [0.29, 0.717) is 5.82 Å². The van der Waals surface area contributed by atoms with Crippen molar-refractivity contribution < 1.29 is 13.2 Å². The summed E-state index contributed by atoms with van der Waals surface area (Å²) in [5, 5.41) is 2.84. The Kier molecular flexibility index (Phi) is 4.68. The highest BCUT2D eigenvalue weighted by Crippen LogP contribution is 2.24. The summed E-state index contributed by atoms with van der Waals surface area (Å²) in [6.07, 6.45) is 2.59. The highest BCUT2D eigenvalue weighted by atomic mass is 35.5. The molecule has 1 aromatic heterocycles. The Hall–Kier alpha value is -2.12. The maximum atomic E-state index is 12.2. The summed E-state index contributed by atoms with van der Waals surface area (Å²) < 4.78 is 24.8. The summed E-state index contributed by atoms with van der Waals surface area (Å²) >= 11 is 5.92. The van der Waals surface area contributed by atoms with Gasteiger partial charge in [-0.25, -0.2) is 13.4 Å². The van der Waals surface area contributed by atoms with Crippen molar-refractivity contribution in [2.45, 2.75) is 6.92 Å². The number of pyridine rings is 1. The molecule has 0 saturated heterocycles. The highest BCUT2D eigenvalue weighted by molar-refractivity contribution is 7.92. The summed E-state index contributed by atoms with van der Waals surface area (Å²) in [6.45, 7) is 1.88. The van der Waals surface area contributed by atoms with Crippen LogP contribution < -0.4 is 10.0 Å². The number of benzene rings is 1. The number of hydrogen-bond donors (Lipinski definition) is 2. The largest absolute Gasteiger partial charge is 0.307 e. The van der Waals surface area contributed by atoms with Gasteiger partial charge in [-0.2, -0.15) is 0 Å². The van der Waals surface area contributed by atoms with Gasteiger partial charge < -0.3 is 5.32 Å². The fourth-order valence-electron chi connectivity index (χ4n) is 1.74. The lowest BCUT2D eigenvalue weighted by Crippen LogP contribution is -2.15. The summed E-state index contributed by atoms with van der Waals surface area (Å²) in [6, 6.07) is 7.86. The molecule has 0 atom stereocenters. The third-order valence-electron chi connectivity index (χ3n) is 2.68. The third kappa shape index (κ3) is 4.44. The molecule has 1 amide bonds. The van der Waals surface area contributed by atoms with Crippen molar-refractivity contribution in [3.63, 3.8) is 0 Å². The number of nitrogens with one attached hydrogen (secondary N) is 2. The lowest BCUT2D eigenvalue weighted by atomic mass is 10.2. The number of sulfonamides is 1. The monoisotopic (exact) mass is 339 g/mol. The van der Waals surface area contributed by atoms with Gasteiger partial charge in [-0.1, -0.05) is 11.6 Å². The van der Waals surface area contributed by atoms with Crippen molar-refractivity contribution in [1.82, 2.24) is 4.98 Å². The molecule has 0 saturated carbocycles. The Balaban J connectivity index is 2.25. The molecule has 0 bridgehead atoms. The predicted molar refractivity (Wildman–Crippen MR) is 86.8 cm³/mol. The molecule has 0 aliphatic heterocycles. The second kappa shape index (κ2) is 6.33. The minimum absolute atomic E-state index is 0.147. The van der Waals surface area contributed by atoms with E-state index in [-0.39, 0.29) is 16.3 Å². The van der Waals surface area contributed by atoms with Crippen molar-refractivity contribution >= 4 is 39.0 Å². The molecule has 22 heavy (non-hydrogen) atoms. The van der Waals surface area contributed by atoms with E-state index in [0.717, 1.165) is 11.8 Å². The first-order valence-electron chi connectivity index (χ1n) is 6.26. The van der Waals surface area contributed by atoms with E-state index in [1.165, 1.54) is 18.2 Å². The fourth-order valence-corrected chi connectivity index (χ4v) is 2.53. The lowest BCUT2D eigenvalue weighted by Gasteiger charge is -2.09. The zero-order valence-electron chi connectivity index (χ0n) is 11.9. The van der Waals surface area contributed by atoms with E-state index < -0.39 is 15.9 Å². The molecule has 0 spiro atoms. The second-order valence-corrected chi connectivity index (χ2v) is 6.90. The molecule has 1 aromatic carbocycles. The first-order valence-corrected chi connectivity index (χ1v) is 8.53. The standard InChI is InChI=1S/C14H14ClN3O3S/c1-9-5-6-16-13(7-9)17-14(19)10-3-4-11(15)12(8-10)18-22(2,20)21/h3-8,18H,1-2H3,(H,16,17,19). The Morgan fingerprint density at radius 2 is 1.95 bits per heavy atom. The van der Waals surface area contributed by atoms with Crippen molar-refractivity contribution in [1.29, 1.82) is 0 Å². The quantitative estimate of drug-likeness (QED) is 0.896. The SMILES string of the molecule is Cc1ccnc(NC(=O)c2ccc(Cl)c(NS(C)(=O)=O)c2)c1. The van der Waals surface area contributed by atoms with Crippen LogP contribution in [0.4, 0.5) is 11.5 Å². The third-order valence-corrected chi connectivity index (χ3v) is 3.60. The molecule has 2 rings (SSSR count). The number of anilines is 2. The van der Waals surface area contributed by atoms with E-state index >= 15 is 0 Å². The molecular weight excluding hydrogens is 326 g/mol. The van der Waals surface area contributed by atoms with Gasteiger partial charge in [-0.3, -0.25) is 9.52 Å². The van der Waals surface area contributed by atoms with Crippen LogP contribution in [0.1, 0.15) is 15.9 Å². The molecule has 1 heterocycles. The Bertz CT molecular complexity index is 822. The number of halogens is 1. The molecule has 0 aliphatic rings. The van der Waals surface area contributed by atoms with Gasteiger partial charge in [0.15, 0.2) is 0 Å². The smallest absolute Gasteiger partial charge is 0.256 e. The second-order valence-electron chi connectivity index (χ2n) is 4.74. The molecule has 6 nitrogen and oxygen atoms in total. The van der Waals surface area contributed by atoms with Crippen LogP contribution in [-0.2, 0) is 10.0 Å². The van der Waals surface area contributed by atoms with Gasteiger partial charge in [0.25, 0.3) is 5.91 Å². The Morgan fingerprint density at radius 1 is 1.23 bits per heavy atom. The number of carbonyl (C=O) groups excluding carboxylic acids is 1. The number of amides is 1. The van der Waals surface area contributed by atoms with E-state index in [1.54, 1.807) is 12.3 Å². The molecular formula is C14H14ClN3O3S. The number of aromatic nitrogens is 1. The van der Waals surface area contributed by atoms with Crippen LogP contribution in [0, 0.1) is 6.92 Å². The van der Waals surface area contributed by atoms with Crippen LogP contribution in [0.2, 0.25) is 5.02 Å². The van der Waals surface area contributed by atoms with Gasteiger partial charge in [0.05, 0.1) is 17.0 Å². The highest BCUT2D eigenvalue weighted by Gasteiger charge is 2.12. The topological polar surface area (TPSA) is 88.2 Å². The minimum Gasteiger partial charge on any atom is -0.307 e. The van der Waals surface area contributed by atoms with Gasteiger partial charge in [-0.05, 0) is 42.8 Å². The summed E-state index contributed by atoms with van der Waals surface area (Å²) in [4.78, 5) is 16.2. The summed E-state index contributed by atoms with van der Waals surface area (Å²) in [7, 11) is -3.49. The molecule has 2 aromatic rings. The molecule has 116 valence electrons. The first-order chi connectivity index (χ1) is 10.2. The molecule has 2 N–H and O–H groups in total. The van der Waals surface area contributed by atoms with Crippen molar-refractivity contribution in [2.24, 2.45) is 0 Å². The van der Waals surface area contributed by atoms with Crippen LogP contribution in [0.25, 0.3) is 0 Å². The van der Waals surface area contributed by atoms with E-state index in [4.69, 9.17) is 11.6 Å². The zero-order chi connectivity index (χ0) is 16.3. The number of aryl methyl sites for hydroxylation is 1. The lowest BCUT2D eigenvalue weighted by molar-refractivity contribution is 0.102. The Morgan fingerprint density at radius 3 is 2.59 bits per heavy atom. The summed E-state index contributed by atoms with van der Waals surface area (Å²) in [5.74, 6) is 0.00360. The molecule has 8 heteroatoms. The number of carbonyl (C=O) groups is 1. The number of hydrogen-bond acceptors (Lipinski definition) is 4. The number of nitrogens with zero attached hydrogens (tertiary/aromatic N) is 1. The van der Waals surface area contributed by atoms with Gasteiger partial charge >= 0.3 is 0 Å². The molecule has 0 radical (unpaired) electrons. The normalized spacial score (nSPS) is 11.0. The van der Waals surface area contributed by atoms with Gasteiger partial charge in [0.1, 0.15) is 5.82 Å². The molecule has 0 aliphatic carbocycles. The molecule has 0 fully saturated rings. The van der Waals surface area contributed by atoms with Gasteiger partial charge in [0, 0.05) is 11.8 Å². The minimum atomic E-state index is -3.49. The van der Waals surface area contributed by atoms with E-state index in [2.05, 4.69) is 15.0 Å². The van der Waals surface area contributed by atoms with Crippen molar-refractivity contribution in [2.75, 3.05) is 16.3 Å². The average molecular weight is 340 g/mol. The van der Waals surface area contributed by atoms with Crippen LogP contribution in [0.5, 0.6) is 0 Å². The van der Waals surface area contributed by atoms with Crippen LogP contribution in [0.3, 0.4) is 0 Å². The Labute approximate surface area is 133 Å². The van der Waals surface area contributed by atoms with Crippen LogP contribution in [0.15, 0.2) is 36.5 Å². The maximum Gasteiger partial charge on any atom is 0.256 e. The zero-order valence-corrected chi connectivity index (χ0v) is 13.5. The first kappa shape index (κ1) is 16.3. The van der Waals surface area contributed by atoms with Gasteiger partial charge in [-0.15, -0.1) is 0 Å². The van der Waals surface area contributed by atoms with Crippen LogP contribution >= 0.6 is 11.6 Å². The fraction of sp³-hybridized carbons (Fsp3) is 0.143.